The molecule has 5 heteroatoms. The van der Waals surface area contributed by atoms with Gasteiger partial charge in [-0.15, -0.1) is 0 Å². The number of aryl methyl sites for hydroxylation is 1. The number of nitrogens with two attached hydrogens (primary N) is 1. The predicted octanol–water partition coefficient (Wildman–Crippen LogP) is 2.18. The summed E-state index contributed by atoms with van der Waals surface area (Å²) in [5.74, 6) is 0.165. The summed E-state index contributed by atoms with van der Waals surface area (Å²) in [5, 5.41) is 0. The summed E-state index contributed by atoms with van der Waals surface area (Å²) < 4.78 is 20.0. The average Bonchev–Trinajstić information content (AvgIpc) is 2.61. The Morgan fingerprint density at radius 3 is 3.00 bits per heavy atom. The van der Waals surface area contributed by atoms with Crippen LogP contribution in [0.3, 0.4) is 0 Å². The quantitative estimate of drug-likeness (QED) is 0.811. The molecule has 0 aliphatic rings. The zero-order valence-electron chi connectivity index (χ0n) is 9.82. The van der Waals surface area contributed by atoms with Gasteiger partial charge in [0.2, 0.25) is 5.95 Å². The molecule has 2 rings (SSSR count). The van der Waals surface area contributed by atoms with Crippen molar-refractivity contribution >= 4 is 17.0 Å². The molecule has 0 spiro atoms. The van der Waals surface area contributed by atoms with Gasteiger partial charge in [-0.1, -0.05) is 0 Å². The van der Waals surface area contributed by atoms with Crippen molar-refractivity contribution in [1.82, 2.24) is 9.55 Å². The Kier molecular flexibility index (Phi) is 3.58. The fourth-order valence-corrected chi connectivity index (χ4v) is 1.87. The van der Waals surface area contributed by atoms with Gasteiger partial charge >= 0.3 is 0 Å². The van der Waals surface area contributed by atoms with Crippen molar-refractivity contribution in [2.75, 3.05) is 19.5 Å². The first-order chi connectivity index (χ1) is 8.22. The van der Waals surface area contributed by atoms with Gasteiger partial charge in [0.15, 0.2) is 0 Å². The number of unbranched alkanes of at least 4 members (excludes halogenated alkanes) is 1. The van der Waals surface area contributed by atoms with Gasteiger partial charge in [0, 0.05) is 20.3 Å². The van der Waals surface area contributed by atoms with Crippen LogP contribution in [0.15, 0.2) is 18.2 Å². The zero-order chi connectivity index (χ0) is 12.3. The molecule has 2 aromatic rings. The van der Waals surface area contributed by atoms with Crippen LogP contribution in [0.25, 0.3) is 11.0 Å². The molecule has 1 aromatic heterocycles. The maximum Gasteiger partial charge on any atom is 0.201 e. The molecule has 17 heavy (non-hydrogen) atoms. The smallest absolute Gasteiger partial charge is 0.201 e. The number of benzene rings is 1. The third-order valence-electron chi connectivity index (χ3n) is 2.72. The second-order valence-corrected chi connectivity index (χ2v) is 3.95. The van der Waals surface area contributed by atoms with Crippen molar-refractivity contribution in [2.24, 2.45) is 0 Å². The summed E-state index contributed by atoms with van der Waals surface area (Å²) in [6, 6.07) is 4.51. The molecular formula is C12H16FN3O. The SMILES string of the molecule is COCCCCn1c(N)nc2ccc(F)cc21. The van der Waals surface area contributed by atoms with E-state index in [4.69, 9.17) is 10.5 Å². The maximum absolute atomic E-state index is 13.2. The summed E-state index contributed by atoms with van der Waals surface area (Å²) in [6.07, 6.45) is 1.88. The monoisotopic (exact) mass is 237 g/mol. The van der Waals surface area contributed by atoms with Crippen LogP contribution in [0.4, 0.5) is 10.3 Å². The third kappa shape index (κ3) is 2.55. The summed E-state index contributed by atoms with van der Waals surface area (Å²) in [5.41, 5.74) is 7.30. The number of halogens is 1. The van der Waals surface area contributed by atoms with E-state index in [0.717, 1.165) is 37.0 Å². The number of fused-ring (bicyclic) bond motifs is 1. The van der Waals surface area contributed by atoms with E-state index in [1.165, 1.54) is 12.1 Å². The minimum atomic E-state index is -0.268. The van der Waals surface area contributed by atoms with Crippen molar-refractivity contribution in [3.8, 4) is 0 Å². The lowest BCUT2D eigenvalue weighted by Gasteiger charge is -2.06. The topological polar surface area (TPSA) is 53.1 Å². The molecule has 0 unspecified atom stereocenters. The number of methoxy groups -OCH3 is 1. The van der Waals surface area contributed by atoms with Crippen LogP contribution in [-0.4, -0.2) is 23.3 Å². The molecule has 4 nitrogen and oxygen atoms in total. The van der Waals surface area contributed by atoms with Gasteiger partial charge < -0.3 is 15.0 Å². The van der Waals surface area contributed by atoms with Gasteiger partial charge in [-0.2, -0.15) is 0 Å². The number of rotatable bonds is 5. The van der Waals surface area contributed by atoms with Crippen LogP contribution in [0.5, 0.6) is 0 Å². The van der Waals surface area contributed by atoms with Crippen molar-refractivity contribution in [3.63, 3.8) is 0 Å². The van der Waals surface area contributed by atoms with E-state index in [9.17, 15) is 4.39 Å². The highest BCUT2D eigenvalue weighted by molar-refractivity contribution is 5.78. The van der Waals surface area contributed by atoms with Gasteiger partial charge in [-0.3, -0.25) is 0 Å². The molecule has 0 atom stereocenters. The normalized spacial score (nSPS) is 11.2. The molecule has 1 heterocycles. The Hall–Kier alpha value is -1.62. The van der Waals surface area contributed by atoms with E-state index in [2.05, 4.69) is 4.98 Å². The van der Waals surface area contributed by atoms with Crippen molar-refractivity contribution in [1.29, 1.82) is 0 Å². The molecule has 0 aliphatic carbocycles. The van der Waals surface area contributed by atoms with Crippen molar-refractivity contribution < 1.29 is 9.13 Å². The molecule has 1 aromatic carbocycles. The number of imidazole rings is 1. The molecule has 0 bridgehead atoms. The van der Waals surface area contributed by atoms with Crippen LogP contribution in [0, 0.1) is 5.82 Å². The summed E-state index contributed by atoms with van der Waals surface area (Å²) >= 11 is 0. The number of anilines is 1. The van der Waals surface area contributed by atoms with E-state index >= 15 is 0 Å². The average molecular weight is 237 g/mol. The highest BCUT2D eigenvalue weighted by atomic mass is 19.1. The van der Waals surface area contributed by atoms with Crippen LogP contribution in [0.1, 0.15) is 12.8 Å². The van der Waals surface area contributed by atoms with Gasteiger partial charge in [0.05, 0.1) is 11.0 Å². The second-order valence-electron chi connectivity index (χ2n) is 3.95. The lowest BCUT2D eigenvalue weighted by molar-refractivity contribution is 0.191. The van der Waals surface area contributed by atoms with Gasteiger partial charge in [0.25, 0.3) is 0 Å². The number of nitrogen functional groups attached to an aromatic ring is 1. The van der Waals surface area contributed by atoms with Crippen LogP contribution < -0.4 is 5.73 Å². The van der Waals surface area contributed by atoms with E-state index in [1.807, 2.05) is 4.57 Å². The fourth-order valence-electron chi connectivity index (χ4n) is 1.87. The minimum absolute atomic E-state index is 0.268. The number of nitrogens with zero attached hydrogens (tertiary/aromatic N) is 2. The lowest BCUT2D eigenvalue weighted by Crippen LogP contribution is -2.04. The Balaban J connectivity index is 2.20. The van der Waals surface area contributed by atoms with E-state index in [1.54, 1.807) is 13.2 Å². The lowest BCUT2D eigenvalue weighted by atomic mass is 10.3. The zero-order valence-corrected chi connectivity index (χ0v) is 9.82. The first-order valence-corrected chi connectivity index (χ1v) is 5.62. The van der Waals surface area contributed by atoms with Crippen LogP contribution >= 0.6 is 0 Å². The first kappa shape index (κ1) is 11.9. The second kappa shape index (κ2) is 5.14. The molecular weight excluding hydrogens is 221 g/mol. The molecule has 2 N–H and O–H groups in total. The number of hydrogen-bond donors (Lipinski definition) is 1. The van der Waals surface area contributed by atoms with E-state index in [0.29, 0.717) is 5.95 Å². The van der Waals surface area contributed by atoms with E-state index < -0.39 is 0 Å². The molecule has 92 valence electrons. The molecule has 0 radical (unpaired) electrons. The Bertz CT molecular complexity index is 510. The minimum Gasteiger partial charge on any atom is -0.385 e. The van der Waals surface area contributed by atoms with Gasteiger partial charge in [-0.25, -0.2) is 9.37 Å². The molecule has 0 amide bonds. The van der Waals surface area contributed by atoms with E-state index in [-0.39, 0.29) is 5.82 Å². The number of aromatic nitrogens is 2. The molecule has 0 saturated carbocycles. The number of hydrogen-bond acceptors (Lipinski definition) is 3. The predicted molar refractivity (Wildman–Crippen MR) is 65.2 cm³/mol. The maximum atomic E-state index is 13.2. The van der Waals surface area contributed by atoms with Crippen LogP contribution in [0.2, 0.25) is 0 Å². The third-order valence-corrected chi connectivity index (χ3v) is 2.72. The largest absolute Gasteiger partial charge is 0.385 e. The number of ether oxygens (including phenoxy) is 1. The van der Waals surface area contributed by atoms with Crippen molar-refractivity contribution in [2.45, 2.75) is 19.4 Å². The molecule has 0 saturated heterocycles. The van der Waals surface area contributed by atoms with Crippen LogP contribution in [-0.2, 0) is 11.3 Å². The van der Waals surface area contributed by atoms with Gasteiger partial charge in [-0.05, 0) is 31.0 Å². The fraction of sp³-hybridized carbons (Fsp3) is 0.417. The summed E-state index contributed by atoms with van der Waals surface area (Å²) in [7, 11) is 1.68. The van der Waals surface area contributed by atoms with Crippen molar-refractivity contribution in [3.05, 3.63) is 24.0 Å². The first-order valence-electron chi connectivity index (χ1n) is 5.62. The Labute approximate surface area is 99.2 Å². The summed E-state index contributed by atoms with van der Waals surface area (Å²) in [6.45, 7) is 1.45. The highest BCUT2D eigenvalue weighted by Gasteiger charge is 2.08. The molecule has 0 aliphatic heterocycles. The van der Waals surface area contributed by atoms with Gasteiger partial charge in [0.1, 0.15) is 5.82 Å². The summed E-state index contributed by atoms with van der Waals surface area (Å²) in [4.78, 5) is 4.20. The molecule has 0 fully saturated rings. The highest BCUT2D eigenvalue weighted by Crippen LogP contribution is 2.19. The Morgan fingerprint density at radius 1 is 1.41 bits per heavy atom. The standard InChI is InChI=1S/C12H16FN3O/c1-17-7-3-2-6-16-11-8-9(13)4-5-10(11)15-12(16)14/h4-5,8H,2-3,6-7H2,1H3,(H2,14,15). The Morgan fingerprint density at radius 2 is 2.24 bits per heavy atom.